The summed E-state index contributed by atoms with van der Waals surface area (Å²) < 4.78 is 11.8. The molecule has 2 aromatic heterocycles. The van der Waals surface area contributed by atoms with E-state index >= 15 is 0 Å². The van der Waals surface area contributed by atoms with Crippen LogP contribution in [0.25, 0.3) is 10.9 Å². The van der Waals surface area contributed by atoms with E-state index in [0.717, 1.165) is 41.0 Å². The number of hydrogen-bond donors (Lipinski definition) is 1. The van der Waals surface area contributed by atoms with Crippen molar-refractivity contribution >= 4 is 16.6 Å². The molecule has 1 aliphatic heterocycles. The molecular weight excluding hydrogens is 326 g/mol. The molecule has 1 N–H and O–H groups in total. The van der Waals surface area contributed by atoms with Gasteiger partial charge < -0.3 is 14.8 Å². The Balaban J connectivity index is 1.52. The van der Waals surface area contributed by atoms with Crippen molar-refractivity contribution in [2.45, 2.75) is 32.1 Å². The topological polar surface area (TPSA) is 56.3 Å². The lowest BCUT2D eigenvalue weighted by Crippen LogP contribution is -2.43. The van der Waals surface area contributed by atoms with Crippen LogP contribution in [-0.2, 0) is 16.1 Å². The average Bonchev–Trinajstić information content (AvgIpc) is 2.68. The third-order valence-corrected chi connectivity index (χ3v) is 4.66. The van der Waals surface area contributed by atoms with Gasteiger partial charge in [-0.1, -0.05) is 24.3 Å². The van der Waals surface area contributed by atoms with Crippen LogP contribution < -0.4 is 5.32 Å². The fourth-order valence-electron chi connectivity index (χ4n) is 3.34. The first-order valence-electron chi connectivity index (χ1n) is 9.02. The van der Waals surface area contributed by atoms with Crippen molar-refractivity contribution in [2.75, 3.05) is 18.5 Å². The van der Waals surface area contributed by atoms with E-state index in [1.165, 1.54) is 0 Å². The number of aromatic nitrogens is 2. The maximum Gasteiger partial charge on any atom is 0.101 e. The van der Waals surface area contributed by atoms with Gasteiger partial charge in [-0.2, -0.15) is 0 Å². The number of hydrogen-bond acceptors (Lipinski definition) is 5. The van der Waals surface area contributed by atoms with Crippen molar-refractivity contribution in [3.63, 3.8) is 0 Å². The Labute approximate surface area is 153 Å². The van der Waals surface area contributed by atoms with Crippen molar-refractivity contribution in [3.8, 4) is 0 Å². The van der Waals surface area contributed by atoms with Crippen molar-refractivity contribution in [2.24, 2.45) is 0 Å². The first-order valence-corrected chi connectivity index (χ1v) is 9.02. The standard InChI is InChI=1S/C21H23N3O2/c1-15-12-20(17-7-2-3-8-18(17)23-15)24-19-9-11-25-14-21(19)26-13-16-6-4-5-10-22-16/h2-8,10,12,19,21H,9,11,13-14H2,1H3,(H,23,24)/t19-,21-/m1/s1. The number of fused-ring (bicyclic) bond motifs is 1. The molecule has 0 bridgehead atoms. The lowest BCUT2D eigenvalue weighted by molar-refractivity contribution is -0.0644. The number of anilines is 1. The van der Waals surface area contributed by atoms with Crippen LogP contribution in [-0.4, -0.2) is 35.3 Å². The normalized spacial score (nSPS) is 20.2. The van der Waals surface area contributed by atoms with Crippen LogP contribution in [0.15, 0.2) is 54.7 Å². The van der Waals surface area contributed by atoms with Gasteiger partial charge in [-0.05, 0) is 37.6 Å². The molecule has 4 rings (SSSR count). The smallest absolute Gasteiger partial charge is 0.101 e. The Morgan fingerprint density at radius 2 is 2.08 bits per heavy atom. The summed E-state index contributed by atoms with van der Waals surface area (Å²) in [4.78, 5) is 8.95. The summed E-state index contributed by atoms with van der Waals surface area (Å²) >= 11 is 0. The van der Waals surface area contributed by atoms with Gasteiger partial charge in [0, 0.05) is 29.6 Å². The second-order valence-electron chi connectivity index (χ2n) is 6.61. The van der Waals surface area contributed by atoms with Gasteiger partial charge in [-0.25, -0.2) is 0 Å². The number of nitrogens with one attached hydrogen (secondary N) is 1. The minimum atomic E-state index is -0.0158. The zero-order chi connectivity index (χ0) is 17.8. The van der Waals surface area contributed by atoms with Gasteiger partial charge in [0.05, 0.1) is 30.5 Å². The molecule has 1 aromatic carbocycles. The fraction of sp³-hybridized carbons (Fsp3) is 0.333. The molecule has 0 saturated carbocycles. The highest BCUT2D eigenvalue weighted by molar-refractivity contribution is 5.91. The lowest BCUT2D eigenvalue weighted by atomic mass is 10.0. The van der Waals surface area contributed by atoms with Crippen LogP contribution in [0, 0.1) is 6.92 Å². The predicted molar refractivity (Wildman–Crippen MR) is 102 cm³/mol. The molecule has 0 unspecified atom stereocenters. The van der Waals surface area contributed by atoms with Gasteiger partial charge in [-0.3, -0.25) is 9.97 Å². The van der Waals surface area contributed by atoms with Crippen LogP contribution in [0.2, 0.25) is 0 Å². The molecule has 5 heteroatoms. The van der Waals surface area contributed by atoms with E-state index in [1.807, 2.05) is 43.3 Å². The molecule has 5 nitrogen and oxygen atoms in total. The Bertz CT molecular complexity index is 870. The van der Waals surface area contributed by atoms with Crippen LogP contribution in [0.4, 0.5) is 5.69 Å². The number of nitrogens with zero attached hydrogens (tertiary/aromatic N) is 2. The van der Waals surface area contributed by atoms with Gasteiger partial charge in [0.1, 0.15) is 6.10 Å². The fourth-order valence-corrected chi connectivity index (χ4v) is 3.34. The minimum absolute atomic E-state index is 0.0158. The van der Waals surface area contributed by atoms with Crippen LogP contribution in [0.3, 0.4) is 0 Å². The minimum Gasteiger partial charge on any atom is -0.379 e. The number of rotatable bonds is 5. The molecule has 1 fully saturated rings. The summed E-state index contributed by atoms with van der Waals surface area (Å²) in [6, 6.07) is 16.4. The van der Waals surface area contributed by atoms with Gasteiger partial charge >= 0.3 is 0 Å². The third kappa shape index (κ3) is 3.84. The molecule has 134 valence electrons. The first-order chi connectivity index (χ1) is 12.8. The van der Waals surface area contributed by atoms with Gasteiger partial charge in [0.2, 0.25) is 0 Å². The van der Waals surface area contributed by atoms with E-state index in [2.05, 4.69) is 27.4 Å². The summed E-state index contributed by atoms with van der Waals surface area (Å²) in [5.74, 6) is 0. The summed E-state index contributed by atoms with van der Waals surface area (Å²) in [5, 5.41) is 4.82. The van der Waals surface area contributed by atoms with E-state index in [1.54, 1.807) is 6.20 Å². The summed E-state index contributed by atoms with van der Waals surface area (Å²) in [5.41, 5.74) is 4.05. The molecule has 0 amide bonds. The van der Waals surface area contributed by atoms with Crippen LogP contribution >= 0.6 is 0 Å². The molecule has 0 aliphatic carbocycles. The van der Waals surface area contributed by atoms with Crippen molar-refractivity contribution in [3.05, 3.63) is 66.1 Å². The molecule has 2 atom stereocenters. The van der Waals surface area contributed by atoms with Crippen LogP contribution in [0.5, 0.6) is 0 Å². The van der Waals surface area contributed by atoms with Gasteiger partial charge in [0.25, 0.3) is 0 Å². The molecule has 0 radical (unpaired) electrons. The molecule has 1 aliphatic rings. The quantitative estimate of drug-likeness (QED) is 0.761. The Hall–Kier alpha value is -2.50. The largest absolute Gasteiger partial charge is 0.379 e. The third-order valence-electron chi connectivity index (χ3n) is 4.66. The number of aryl methyl sites for hydroxylation is 1. The Morgan fingerprint density at radius 3 is 2.96 bits per heavy atom. The molecular formula is C21H23N3O2. The summed E-state index contributed by atoms with van der Waals surface area (Å²) in [7, 11) is 0. The second kappa shape index (κ2) is 7.81. The number of ether oxygens (including phenoxy) is 2. The molecule has 0 spiro atoms. The van der Waals surface area contributed by atoms with Crippen molar-refractivity contribution in [1.29, 1.82) is 0 Å². The number of benzene rings is 1. The zero-order valence-corrected chi connectivity index (χ0v) is 14.9. The Kier molecular flexibility index (Phi) is 5.09. The predicted octanol–water partition coefficient (Wildman–Crippen LogP) is 3.72. The highest BCUT2D eigenvalue weighted by Crippen LogP contribution is 2.26. The molecule has 1 saturated heterocycles. The molecule has 3 aromatic rings. The van der Waals surface area contributed by atoms with Crippen molar-refractivity contribution < 1.29 is 9.47 Å². The van der Waals surface area contributed by atoms with Gasteiger partial charge in [0.15, 0.2) is 0 Å². The summed E-state index contributed by atoms with van der Waals surface area (Å²) in [6.07, 6.45) is 2.68. The average molecular weight is 349 g/mol. The number of pyridine rings is 2. The van der Waals surface area contributed by atoms with E-state index in [4.69, 9.17) is 9.47 Å². The van der Waals surface area contributed by atoms with Crippen LogP contribution in [0.1, 0.15) is 17.8 Å². The highest BCUT2D eigenvalue weighted by atomic mass is 16.5. The zero-order valence-electron chi connectivity index (χ0n) is 14.9. The maximum absolute atomic E-state index is 6.13. The van der Waals surface area contributed by atoms with E-state index in [9.17, 15) is 0 Å². The summed E-state index contributed by atoms with van der Waals surface area (Å²) in [6.45, 7) is 3.84. The van der Waals surface area contributed by atoms with E-state index in [-0.39, 0.29) is 12.1 Å². The Morgan fingerprint density at radius 1 is 1.19 bits per heavy atom. The SMILES string of the molecule is Cc1cc(N[C@@H]2CCOC[C@H]2OCc2ccccn2)c2ccccc2n1. The van der Waals surface area contributed by atoms with Crippen molar-refractivity contribution in [1.82, 2.24) is 9.97 Å². The van der Waals surface area contributed by atoms with Gasteiger partial charge in [-0.15, -0.1) is 0 Å². The first kappa shape index (κ1) is 16.9. The second-order valence-corrected chi connectivity index (χ2v) is 6.61. The lowest BCUT2D eigenvalue weighted by Gasteiger charge is -2.33. The van der Waals surface area contributed by atoms with E-state index in [0.29, 0.717) is 13.2 Å². The maximum atomic E-state index is 6.13. The molecule has 26 heavy (non-hydrogen) atoms. The highest BCUT2D eigenvalue weighted by Gasteiger charge is 2.27. The van der Waals surface area contributed by atoms with E-state index < -0.39 is 0 Å². The number of para-hydroxylation sites is 1. The monoisotopic (exact) mass is 349 g/mol. The molecule has 3 heterocycles.